The molecule has 1 unspecified atom stereocenters. The summed E-state index contributed by atoms with van der Waals surface area (Å²) < 4.78 is 1.53. The van der Waals surface area contributed by atoms with Crippen molar-refractivity contribution in [3.63, 3.8) is 0 Å². The summed E-state index contributed by atoms with van der Waals surface area (Å²) in [7, 11) is 1.71. The highest BCUT2D eigenvalue weighted by atomic mass is 16.6. The van der Waals surface area contributed by atoms with Crippen molar-refractivity contribution in [2.75, 3.05) is 18.4 Å². The molecule has 2 rings (SSSR count). The molecule has 0 spiro atoms. The zero-order valence-corrected chi connectivity index (χ0v) is 10.1. The maximum atomic E-state index is 10.9. The molecule has 17 heavy (non-hydrogen) atoms. The average Bonchev–Trinajstić information content (AvgIpc) is 2.83. The minimum absolute atomic E-state index is 0.0745. The van der Waals surface area contributed by atoms with E-state index in [-0.39, 0.29) is 10.6 Å². The van der Waals surface area contributed by atoms with Crippen molar-refractivity contribution >= 4 is 11.5 Å². The fourth-order valence-electron chi connectivity index (χ4n) is 2.21. The first kappa shape index (κ1) is 11.8. The molecule has 1 aliphatic heterocycles. The SMILES string of the molecule is Cc1nn(C)c(NCC2CCCN2)c1[N+](=O)[O-]. The van der Waals surface area contributed by atoms with E-state index >= 15 is 0 Å². The van der Waals surface area contributed by atoms with Crippen molar-refractivity contribution in [1.29, 1.82) is 0 Å². The van der Waals surface area contributed by atoms with Gasteiger partial charge >= 0.3 is 5.69 Å². The van der Waals surface area contributed by atoms with Crippen LogP contribution in [-0.2, 0) is 7.05 Å². The molecule has 1 aliphatic rings. The largest absolute Gasteiger partial charge is 0.363 e. The number of rotatable bonds is 4. The fraction of sp³-hybridized carbons (Fsp3) is 0.700. The Kier molecular flexibility index (Phi) is 3.28. The van der Waals surface area contributed by atoms with Crippen LogP contribution in [0.5, 0.6) is 0 Å². The zero-order valence-electron chi connectivity index (χ0n) is 10.1. The third-order valence-electron chi connectivity index (χ3n) is 3.05. The van der Waals surface area contributed by atoms with E-state index in [2.05, 4.69) is 15.7 Å². The van der Waals surface area contributed by atoms with Crippen LogP contribution in [0, 0.1) is 17.0 Å². The van der Waals surface area contributed by atoms with E-state index in [0.717, 1.165) is 13.0 Å². The minimum atomic E-state index is -0.382. The van der Waals surface area contributed by atoms with Crippen LogP contribution >= 0.6 is 0 Å². The second kappa shape index (κ2) is 4.70. The standard InChI is InChI=1S/C10H17N5O2/c1-7-9(15(16)17)10(14(2)13-7)12-6-8-4-3-5-11-8/h8,11-12H,3-6H2,1-2H3. The van der Waals surface area contributed by atoms with E-state index in [1.165, 1.54) is 11.1 Å². The summed E-state index contributed by atoms with van der Waals surface area (Å²) >= 11 is 0. The molecule has 0 saturated carbocycles. The number of anilines is 1. The number of aryl methyl sites for hydroxylation is 2. The van der Waals surface area contributed by atoms with Crippen molar-refractivity contribution in [3.8, 4) is 0 Å². The first-order valence-electron chi connectivity index (χ1n) is 5.75. The van der Waals surface area contributed by atoms with E-state index in [1.54, 1.807) is 14.0 Å². The third-order valence-corrected chi connectivity index (χ3v) is 3.05. The Bertz CT molecular complexity index is 423. The maximum Gasteiger partial charge on any atom is 0.333 e. The summed E-state index contributed by atoms with van der Waals surface area (Å²) in [6, 6.07) is 0.393. The predicted octanol–water partition coefficient (Wildman–Crippen LogP) is 0.801. The van der Waals surface area contributed by atoms with Gasteiger partial charge < -0.3 is 10.6 Å². The summed E-state index contributed by atoms with van der Waals surface area (Å²) in [6.45, 7) is 3.37. The molecule has 2 N–H and O–H groups in total. The lowest BCUT2D eigenvalue weighted by molar-refractivity contribution is -0.384. The van der Waals surface area contributed by atoms with Crippen LogP contribution in [0.15, 0.2) is 0 Å². The Labute approximate surface area is 99.3 Å². The first-order valence-corrected chi connectivity index (χ1v) is 5.75. The van der Waals surface area contributed by atoms with Crippen LogP contribution in [0.1, 0.15) is 18.5 Å². The van der Waals surface area contributed by atoms with Crippen LogP contribution in [-0.4, -0.2) is 33.8 Å². The Morgan fingerprint density at radius 1 is 1.71 bits per heavy atom. The predicted molar refractivity (Wildman–Crippen MR) is 64.1 cm³/mol. The quantitative estimate of drug-likeness (QED) is 0.599. The molecule has 1 saturated heterocycles. The van der Waals surface area contributed by atoms with Gasteiger partial charge in [-0.15, -0.1) is 0 Å². The summed E-state index contributed by atoms with van der Waals surface area (Å²) in [5, 5.41) is 21.5. The lowest BCUT2D eigenvalue weighted by Gasteiger charge is -2.11. The highest BCUT2D eigenvalue weighted by molar-refractivity contribution is 5.59. The molecule has 1 atom stereocenters. The topological polar surface area (TPSA) is 85.0 Å². The Morgan fingerprint density at radius 3 is 3.06 bits per heavy atom. The molecule has 1 aromatic heterocycles. The molecule has 1 aromatic rings. The molecule has 0 bridgehead atoms. The lowest BCUT2D eigenvalue weighted by Crippen LogP contribution is -2.30. The van der Waals surface area contributed by atoms with Crippen LogP contribution in [0.25, 0.3) is 0 Å². The summed E-state index contributed by atoms with van der Waals surface area (Å²) in [4.78, 5) is 10.6. The van der Waals surface area contributed by atoms with Gasteiger partial charge in [-0.1, -0.05) is 0 Å². The molecular weight excluding hydrogens is 222 g/mol. The molecule has 7 nitrogen and oxygen atoms in total. The number of nitro groups is 1. The Morgan fingerprint density at radius 2 is 2.47 bits per heavy atom. The molecule has 0 aromatic carbocycles. The van der Waals surface area contributed by atoms with Gasteiger partial charge in [0.2, 0.25) is 5.82 Å². The second-order valence-electron chi connectivity index (χ2n) is 4.34. The number of nitrogens with zero attached hydrogens (tertiary/aromatic N) is 3. The van der Waals surface area contributed by atoms with Gasteiger partial charge in [0.25, 0.3) is 0 Å². The van der Waals surface area contributed by atoms with Crippen molar-refractivity contribution in [2.45, 2.75) is 25.8 Å². The molecule has 0 radical (unpaired) electrons. The lowest BCUT2D eigenvalue weighted by atomic mass is 10.2. The number of nitrogens with one attached hydrogen (secondary N) is 2. The molecule has 0 amide bonds. The summed E-state index contributed by atoms with van der Waals surface area (Å²) in [5.41, 5.74) is 0.518. The zero-order chi connectivity index (χ0) is 12.4. The molecular formula is C10H17N5O2. The van der Waals surface area contributed by atoms with E-state index in [9.17, 15) is 10.1 Å². The van der Waals surface area contributed by atoms with Gasteiger partial charge in [-0.05, 0) is 26.3 Å². The van der Waals surface area contributed by atoms with Crippen molar-refractivity contribution < 1.29 is 4.92 Å². The maximum absolute atomic E-state index is 10.9. The summed E-state index contributed by atoms with van der Waals surface area (Å²) in [6.07, 6.45) is 2.27. The van der Waals surface area contributed by atoms with E-state index in [1.807, 2.05) is 0 Å². The molecule has 1 fully saturated rings. The van der Waals surface area contributed by atoms with E-state index < -0.39 is 0 Å². The smallest absolute Gasteiger partial charge is 0.333 e. The fourth-order valence-corrected chi connectivity index (χ4v) is 2.21. The highest BCUT2D eigenvalue weighted by Gasteiger charge is 2.24. The van der Waals surface area contributed by atoms with Gasteiger partial charge in [-0.2, -0.15) is 5.10 Å². The Balaban J connectivity index is 2.11. The van der Waals surface area contributed by atoms with Crippen LogP contribution in [0.4, 0.5) is 11.5 Å². The molecule has 7 heteroatoms. The van der Waals surface area contributed by atoms with Gasteiger partial charge in [0, 0.05) is 19.6 Å². The van der Waals surface area contributed by atoms with Gasteiger partial charge in [0.05, 0.1) is 4.92 Å². The van der Waals surface area contributed by atoms with Crippen LogP contribution in [0.3, 0.4) is 0 Å². The van der Waals surface area contributed by atoms with E-state index in [4.69, 9.17) is 0 Å². The normalized spacial score (nSPS) is 19.5. The minimum Gasteiger partial charge on any atom is -0.363 e. The van der Waals surface area contributed by atoms with Gasteiger partial charge in [-0.3, -0.25) is 10.1 Å². The van der Waals surface area contributed by atoms with Crippen LogP contribution in [0.2, 0.25) is 0 Å². The average molecular weight is 239 g/mol. The van der Waals surface area contributed by atoms with Gasteiger partial charge in [0.1, 0.15) is 5.69 Å². The third kappa shape index (κ3) is 2.38. The second-order valence-corrected chi connectivity index (χ2v) is 4.34. The monoisotopic (exact) mass is 239 g/mol. The number of hydrogen-bond acceptors (Lipinski definition) is 5. The Hall–Kier alpha value is -1.63. The van der Waals surface area contributed by atoms with Crippen LogP contribution < -0.4 is 10.6 Å². The summed E-state index contributed by atoms with van der Waals surface area (Å²) in [5.74, 6) is 0.487. The van der Waals surface area contributed by atoms with Crippen molar-refractivity contribution in [1.82, 2.24) is 15.1 Å². The number of aromatic nitrogens is 2. The highest BCUT2D eigenvalue weighted by Crippen LogP contribution is 2.27. The van der Waals surface area contributed by atoms with Gasteiger partial charge in [0.15, 0.2) is 0 Å². The molecule has 94 valence electrons. The van der Waals surface area contributed by atoms with E-state index in [0.29, 0.717) is 24.1 Å². The number of hydrogen-bond donors (Lipinski definition) is 2. The molecule has 0 aliphatic carbocycles. The molecule has 2 heterocycles. The van der Waals surface area contributed by atoms with Gasteiger partial charge in [-0.25, -0.2) is 4.68 Å². The van der Waals surface area contributed by atoms with Crippen molar-refractivity contribution in [3.05, 3.63) is 15.8 Å². The van der Waals surface area contributed by atoms with Crippen molar-refractivity contribution in [2.24, 2.45) is 7.05 Å². The first-order chi connectivity index (χ1) is 8.09.